The molecule has 6 nitrogen and oxygen atoms in total. The van der Waals surface area contributed by atoms with Crippen molar-refractivity contribution in [3.63, 3.8) is 0 Å². The highest BCUT2D eigenvalue weighted by Gasteiger charge is 2.28. The van der Waals surface area contributed by atoms with Crippen LogP contribution in [0.5, 0.6) is 11.6 Å². The highest BCUT2D eigenvalue weighted by Crippen LogP contribution is 2.31. The second-order valence-corrected chi connectivity index (χ2v) is 8.25. The number of benzene rings is 2. The molecular weight excluding hydrogens is 412 g/mol. The monoisotopic (exact) mass is 436 g/mol. The van der Waals surface area contributed by atoms with E-state index in [1.165, 1.54) is 0 Å². The van der Waals surface area contributed by atoms with Crippen LogP contribution in [0.1, 0.15) is 24.0 Å². The first-order chi connectivity index (χ1) is 15.0. The van der Waals surface area contributed by atoms with Gasteiger partial charge in [-0.3, -0.25) is 4.79 Å². The molecule has 31 heavy (non-hydrogen) atoms. The number of aromatic nitrogens is 2. The molecule has 1 atom stereocenters. The van der Waals surface area contributed by atoms with Gasteiger partial charge in [-0.05, 0) is 56.5 Å². The smallest absolute Gasteiger partial charge is 0.263 e. The lowest BCUT2D eigenvalue weighted by Crippen LogP contribution is -2.41. The van der Waals surface area contributed by atoms with E-state index in [0.29, 0.717) is 34.7 Å². The number of aryl methyl sites for hydroxylation is 2. The van der Waals surface area contributed by atoms with Crippen molar-refractivity contribution in [3.8, 4) is 11.6 Å². The number of amides is 1. The summed E-state index contributed by atoms with van der Waals surface area (Å²) in [6.07, 6.45) is 4.96. The first-order valence-electron chi connectivity index (χ1n) is 10.4. The van der Waals surface area contributed by atoms with Crippen molar-refractivity contribution in [2.45, 2.75) is 26.7 Å². The van der Waals surface area contributed by atoms with Crippen molar-refractivity contribution >= 4 is 29.0 Å². The predicted molar refractivity (Wildman–Crippen MR) is 123 cm³/mol. The molecule has 4 rings (SSSR count). The number of rotatable bonds is 5. The van der Waals surface area contributed by atoms with Gasteiger partial charge >= 0.3 is 0 Å². The normalized spacial score (nSPS) is 16.1. The van der Waals surface area contributed by atoms with E-state index in [4.69, 9.17) is 16.3 Å². The minimum Gasteiger partial charge on any atom is -0.436 e. The average molecular weight is 437 g/mol. The zero-order valence-corrected chi connectivity index (χ0v) is 18.4. The van der Waals surface area contributed by atoms with Gasteiger partial charge in [-0.1, -0.05) is 35.4 Å². The molecule has 1 aliphatic rings. The van der Waals surface area contributed by atoms with E-state index in [1.54, 1.807) is 18.5 Å². The lowest BCUT2D eigenvalue weighted by Gasteiger charge is -2.33. The van der Waals surface area contributed by atoms with Crippen LogP contribution in [-0.4, -0.2) is 29.0 Å². The topological polar surface area (TPSA) is 67.4 Å². The van der Waals surface area contributed by atoms with Gasteiger partial charge in [-0.2, -0.15) is 0 Å². The van der Waals surface area contributed by atoms with Crippen LogP contribution in [0, 0.1) is 19.8 Å². The molecule has 2 heterocycles. The molecule has 0 spiro atoms. The summed E-state index contributed by atoms with van der Waals surface area (Å²) in [6.45, 7) is 5.31. The lowest BCUT2D eigenvalue weighted by atomic mass is 9.97. The van der Waals surface area contributed by atoms with Crippen LogP contribution < -0.4 is 15.0 Å². The zero-order chi connectivity index (χ0) is 21.8. The maximum atomic E-state index is 12.9. The molecular formula is C24H25ClN4O2. The van der Waals surface area contributed by atoms with Gasteiger partial charge in [-0.25, -0.2) is 9.97 Å². The molecule has 1 saturated heterocycles. The Labute approximate surface area is 187 Å². The molecule has 0 saturated carbocycles. The molecule has 0 aliphatic carbocycles. The summed E-state index contributed by atoms with van der Waals surface area (Å²) in [6, 6.07) is 13.4. The summed E-state index contributed by atoms with van der Waals surface area (Å²) in [5.41, 5.74) is 2.85. The van der Waals surface area contributed by atoms with Crippen molar-refractivity contribution in [1.29, 1.82) is 0 Å². The first kappa shape index (κ1) is 21.1. The maximum Gasteiger partial charge on any atom is 0.263 e. The Balaban J connectivity index is 1.47. The fraction of sp³-hybridized carbons (Fsp3) is 0.292. The summed E-state index contributed by atoms with van der Waals surface area (Å²) in [5.74, 6) is 1.61. The number of halogens is 1. The van der Waals surface area contributed by atoms with Crippen molar-refractivity contribution in [2.75, 3.05) is 23.3 Å². The zero-order valence-electron chi connectivity index (χ0n) is 17.6. The number of nitrogens with zero attached hydrogens (tertiary/aromatic N) is 3. The standard InChI is InChI=1S/C24H25ClN4O2/c1-16-5-9-20(10-6-16)31-24-22(26-11-12-27-24)29-13-3-4-18(15-29)23(30)28-19-8-7-17(2)21(25)14-19/h5-12,14,18H,3-4,13,15H2,1-2H3,(H,28,30)/t18-/m0/s1. The Morgan fingerprint density at radius 3 is 2.68 bits per heavy atom. The van der Waals surface area contributed by atoms with E-state index in [9.17, 15) is 4.79 Å². The molecule has 0 unspecified atom stereocenters. The minimum absolute atomic E-state index is 0.0190. The molecule has 7 heteroatoms. The van der Waals surface area contributed by atoms with Crippen LogP contribution in [0.15, 0.2) is 54.9 Å². The number of carbonyl (C=O) groups excluding carboxylic acids is 1. The Kier molecular flexibility index (Phi) is 6.37. The largest absolute Gasteiger partial charge is 0.436 e. The highest BCUT2D eigenvalue weighted by atomic mass is 35.5. The van der Waals surface area contributed by atoms with Gasteiger partial charge in [0.25, 0.3) is 5.88 Å². The predicted octanol–water partition coefficient (Wildman–Crippen LogP) is 5.39. The molecule has 1 amide bonds. The van der Waals surface area contributed by atoms with Crippen molar-refractivity contribution in [2.24, 2.45) is 5.92 Å². The van der Waals surface area contributed by atoms with Gasteiger partial charge in [0.15, 0.2) is 5.82 Å². The molecule has 1 aliphatic heterocycles. The van der Waals surface area contributed by atoms with E-state index < -0.39 is 0 Å². The molecule has 2 aromatic carbocycles. The Morgan fingerprint density at radius 2 is 1.90 bits per heavy atom. The van der Waals surface area contributed by atoms with E-state index in [2.05, 4.69) is 20.2 Å². The molecule has 3 aromatic rings. The maximum absolute atomic E-state index is 12.9. The lowest BCUT2D eigenvalue weighted by molar-refractivity contribution is -0.120. The molecule has 0 bridgehead atoms. The van der Waals surface area contributed by atoms with E-state index in [-0.39, 0.29) is 11.8 Å². The number of ether oxygens (including phenoxy) is 1. The Hall–Kier alpha value is -3.12. The summed E-state index contributed by atoms with van der Waals surface area (Å²) in [5, 5.41) is 3.63. The third kappa shape index (κ3) is 5.14. The van der Waals surface area contributed by atoms with Crippen molar-refractivity contribution in [3.05, 3.63) is 71.0 Å². The van der Waals surface area contributed by atoms with E-state index in [0.717, 1.165) is 30.5 Å². The number of anilines is 2. The fourth-order valence-electron chi connectivity index (χ4n) is 3.62. The Morgan fingerprint density at radius 1 is 1.13 bits per heavy atom. The Bertz CT molecular complexity index is 1070. The third-order valence-corrected chi connectivity index (χ3v) is 5.82. The first-order valence-corrected chi connectivity index (χ1v) is 10.7. The highest BCUT2D eigenvalue weighted by molar-refractivity contribution is 6.31. The van der Waals surface area contributed by atoms with Crippen LogP contribution in [0.4, 0.5) is 11.5 Å². The number of hydrogen-bond donors (Lipinski definition) is 1. The van der Waals surface area contributed by atoms with Crippen LogP contribution >= 0.6 is 11.6 Å². The second-order valence-electron chi connectivity index (χ2n) is 7.84. The molecule has 1 fully saturated rings. The van der Waals surface area contributed by atoms with Gasteiger partial charge in [-0.15, -0.1) is 0 Å². The van der Waals surface area contributed by atoms with Gasteiger partial charge in [0.1, 0.15) is 5.75 Å². The van der Waals surface area contributed by atoms with Crippen molar-refractivity contribution < 1.29 is 9.53 Å². The average Bonchev–Trinajstić information content (AvgIpc) is 2.78. The number of nitrogens with one attached hydrogen (secondary N) is 1. The van der Waals surface area contributed by atoms with Crippen LogP contribution in [0.2, 0.25) is 5.02 Å². The number of hydrogen-bond acceptors (Lipinski definition) is 5. The molecule has 1 aromatic heterocycles. The minimum atomic E-state index is -0.164. The molecule has 1 N–H and O–H groups in total. The second kappa shape index (κ2) is 9.35. The molecule has 0 radical (unpaired) electrons. The van der Waals surface area contributed by atoms with E-state index in [1.807, 2.05) is 50.2 Å². The SMILES string of the molecule is Cc1ccc(Oc2nccnc2N2CCC[C@H](C(=O)Nc3ccc(C)c(Cl)c3)C2)cc1. The summed E-state index contributed by atoms with van der Waals surface area (Å²) in [7, 11) is 0. The summed E-state index contributed by atoms with van der Waals surface area (Å²) >= 11 is 6.19. The van der Waals surface area contributed by atoms with Crippen LogP contribution in [0.25, 0.3) is 0 Å². The summed E-state index contributed by atoms with van der Waals surface area (Å²) < 4.78 is 6.00. The van der Waals surface area contributed by atoms with Gasteiger partial charge in [0, 0.05) is 36.2 Å². The molecule has 160 valence electrons. The third-order valence-electron chi connectivity index (χ3n) is 5.41. The number of carbonyl (C=O) groups is 1. The van der Waals surface area contributed by atoms with Gasteiger partial charge < -0.3 is 15.0 Å². The van der Waals surface area contributed by atoms with Crippen LogP contribution in [-0.2, 0) is 4.79 Å². The van der Waals surface area contributed by atoms with Gasteiger partial charge in [0.2, 0.25) is 5.91 Å². The van der Waals surface area contributed by atoms with Gasteiger partial charge in [0.05, 0.1) is 5.92 Å². The number of piperidine rings is 1. The summed E-state index contributed by atoms with van der Waals surface area (Å²) in [4.78, 5) is 23.9. The fourth-order valence-corrected chi connectivity index (χ4v) is 3.80. The van der Waals surface area contributed by atoms with E-state index >= 15 is 0 Å². The quantitative estimate of drug-likeness (QED) is 0.580. The van der Waals surface area contributed by atoms with Crippen LogP contribution in [0.3, 0.4) is 0 Å². The van der Waals surface area contributed by atoms with Crippen molar-refractivity contribution in [1.82, 2.24) is 9.97 Å².